The molecule has 0 amide bonds. The van der Waals surface area contributed by atoms with E-state index in [1.165, 1.54) is 37.2 Å². The van der Waals surface area contributed by atoms with E-state index in [4.69, 9.17) is 0 Å². The second-order valence-corrected chi connectivity index (χ2v) is 6.21. The van der Waals surface area contributed by atoms with Crippen molar-refractivity contribution in [2.45, 2.75) is 40.2 Å². The van der Waals surface area contributed by atoms with Gasteiger partial charge in [0.25, 0.3) is 0 Å². The van der Waals surface area contributed by atoms with Crippen LogP contribution in [0.4, 0.5) is 5.69 Å². The van der Waals surface area contributed by atoms with Gasteiger partial charge in [0.2, 0.25) is 0 Å². The average molecular weight is 260 g/mol. The van der Waals surface area contributed by atoms with Gasteiger partial charge in [0.15, 0.2) is 0 Å². The Morgan fingerprint density at radius 2 is 1.68 bits per heavy atom. The molecule has 0 spiro atoms. The minimum absolute atomic E-state index is 0.740. The van der Waals surface area contributed by atoms with E-state index in [9.17, 15) is 0 Å². The molecule has 0 aromatic heterocycles. The molecule has 1 saturated heterocycles. The van der Waals surface area contributed by atoms with Crippen molar-refractivity contribution in [2.24, 2.45) is 11.8 Å². The third-order valence-corrected chi connectivity index (χ3v) is 4.34. The molecule has 1 heterocycles. The van der Waals surface area contributed by atoms with Crippen LogP contribution in [0.1, 0.15) is 39.2 Å². The van der Waals surface area contributed by atoms with Crippen molar-refractivity contribution in [1.82, 2.24) is 5.32 Å². The minimum Gasteiger partial charge on any atom is -0.372 e. The van der Waals surface area contributed by atoms with Gasteiger partial charge in [-0.15, -0.1) is 0 Å². The van der Waals surface area contributed by atoms with E-state index in [1.54, 1.807) is 0 Å². The van der Waals surface area contributed by atoms with E-state index in [-0.39, 0.29) is 0 Å². The lowest BCUT2D eigenvalue weighted by Gasteiger charge is -2.18. The first kappa shape index (κ1) is 14.4. The lowest BCUT2D eigenvalue weighted by Crippen LogP contribution is -2.23. The Morgan fingerprint density at radius 3 is 2.26 bits per heavy atom. The van der Waals surface area contributed by atoms with Crippen molar-refractivity contribution in [2.75, 3.05) is 24.5 Å². The predicted molar refractivity (Wildman–Crippen MR) is 83.6 cm³/mol. The Kier molecular flexibility index (Phi) is 5.26. The second-order valence-electron chi connectivity index (χ2n) is 6.21. The zero-order valence-corrected chi connectivity index (χ0v) is 12.7. The monoisotopic (exact) mass is 260 g/mol. The smallest absolute Gasteiger partial charge is 0.0366 e. The van der Waals surface area contributed by atoms with Crippen LogP contribution in [0.2, 0.25) is 0 Å². The van der Waals surface area contributed by atoms with Crippen LogP contribution in [-0.2, 0) is 6.54 Å². The van der Waals surface area contributed by atoms with Gasteiger partial charge in [-0.1, -0.05) is 32.9 Å². The number of benzene rings is 1. The van der Waals surface area contributed by atoms with Gasteiger partial charge in [0.05, 0.1) is 0 Å². The number of hydrogen-bond acceptors (Lipinski definition) is 2. The third-order valence-electron chi connectivity index (χ3n) is 4.34. The number of anilines is 1. The summed E-state index contributed by atoms with van der Waals surface area (Å²) in [6.45, 7) is 11.4. The number of nitrogens with one attached hydrogen (secondary N) is 1. The zero-order chi connectivity index (χ0) is 13.7. The summed E-state index contributed by atoms with van der Waals surface area (Å²) in [4.78, 5) is 2.48. The molecule has 1 aliphatic heterocycles. The maximum absolute atomic E-state index is 3.56. The topological polar surface area (TPSA) is 15.3 Å². The normalized spacial score (nSPS) is 17.2. The van der Waals surface area contributed by atoms with Crippen LogP contribution >= 0.6 is 0 Å². The summed E-state index contributed by atoms with van der Waals surface area (Å²) in [6, 6.07) is 9.07. The molecule has 1 atom stereocenters. The van der Waals surface area contributed by atoms with Crippen LogP contribution in [0.3, 0.4) is 0 Å². The third kappa shape index (κ3) is 4.24. The van der Waals surface area contributed by atoms with E-state index >= 15 is 0 Å². The second kappa shape index (κ2) is 6.95. The van der Waals surface area contributed by atoms with Gasteiger partial charge >= 0.3 is 0 Å². The van der Waals surface area contributed by atoms with Crippen molar-refractivity contribution in [3.05, 3.63) is 29.8 Å². The molecule has 19 heavy (non-hydrogen) atoms. The van der Waals surface area contributed by atoms with Crippen LogP contribution in [-0.4, -0.2) is 19.6 Å². The lowest BCUT2D eigenvalue weighted by atomic mass is 9.98. The molecule has 2 rings (SSSR count). The van der Waals surface area contributed by atoms with Gasteiger partial charge in [0, 0.05) is 25.3 Å². The summed E-state index contributed by atoms with van der Waals surface area (Å²) in [7, 11) is 0. The van der Waals surface area contributed by atoms with Crippen LogP contribution in [0.5, 0.6) is 0 Å². The Hall–Kier alpha value is -1.02. The Morgan fingerprint density at radius 1 is 1.05 bits per heavy atom. The summed E-state index contributed by atoms with van der Waals surface area (Å²) in [5.74, 6) is 1.49. The summed E-state index contributed by atoms with van der Waals surface area (Å²) in [5, 5.41) is 3.56. The van der Waals surface area contributed by atoms with Crippen molar-refractivity contribution >= 4 is 5.69 Å². The summed E-state index contributed by atoms with van der Waals surface area (Å²) < 4.78 is 0. The number of hydrogen-bond donors (Lipinski definition) is 1. The Labute approximate surface area is 118 Å². The van der Waals surface area contributed by atoms with E-state index in [1.807, 2.05) is 0 Å². The highest BCUT2D eigenvalue weighted by Crippen LogP contribution is 2.20. The minimum atomic E-state index is 0.740. The fraction of sp³-hybridized carbons (Fsp3) is 0.647. The van der Waals surface area contributed by atoms with Gasteiger partial charge in [0.1, 0.15) is 0 Å². The number of rotatable bonds is 6. The molecule has 1 N–H and O–H groups in total. The van der Waals surface area contributed by atoms with Gasteiger partial charge < -0.3 is 10.2 Å². The van der Waals surface area contributed by atoms with Crippen molar-refractivity contribution in [3.63, 3.8) is 0 Å². The molecular formula is C17H28N2. The van der Waals surface area contributed by atoms with Gasteiger partial charge in [-0.3, -0.25) is 0 Å². The van der Waals surface area contributed by atoms with Gasteiger partial charge in [-0.2, -0.15) is 0 Å². The maximum atomic E-state index is 3.56. The highest BCUT2D eigenvalue weighted by Gasteiger charge is 2.11. The van der Waals surface area contributed by atoms with Crippen molar-refractivity contribution < 1.29 is 0 Å². The SMILES string of the molecule is CC(C)C(C)CNCc1ccc(N2CCCC2)cc1. The van der Waals surface area contributed by atoms with Crippen LogP contribution in [0.25, 0.3) is 0 Å². The van der Waals surface area contributed by atoms with E-state index in [2.05, 4.69) is 55.3 Å². The van der Waals surface area contributed by atoms with Gasteiger partial charge in [-0.05, 0) is 48.9 Å². The molecule has 0 saturated carbocycles. The molecule has 1 aliphatic rings. The maximum Gasteiger partial charge on any atom is 0.0366 e. The van der Waals surface area contributed by atoms with E-state index in [0.29, 0.717) is 0 Å². The first-order valence-corrected chi connectivity index (χ1v) is 7.71. The first-order valence-electron chi connectivity index (χ1n) is 7.71. The molecule has 106 valence electrons. The lowest BCUT2D eigenvalue weighted by molar-refractivity contribution is 0.392. The fourth-order valence-electron chi connectivity index (χ4n) is 2.48. The van der Waals surface area contributed by atoms with E-state index < -0.39 is 0 Å². The molecule has 2 heteroatoms. The van der Waals surface area contributed by atoms with Crippen molar-refractivity contribution in [3.8, 4) is 0 Å². The molecule has 2 nitrogen and oxygen atoms in total. The molecule has 1 aromatic carbocycles. The molecule has 1 unspecified atom stereocenters. The van der Waals surface area contributed by atoms with Crippen LogP contribution in [0, 0.1) is 11.8 Å². The molecular weight excluding hydrogens is 232 g/mol. The first-order chi connectivity index (χ1) is 9.16. The summed E-state index contributed by atoms with van der Waals surface area (Å²) >= 11 is 0. The highest BCUT2D eigenvalue weighted by atomic mass is 15.1. The molecule has 0 aliphatic carbocycles. The average Bonchev–Trinajstić information content (AvgIpc) is 2.93. The molecule has 0 radical (unpaired) electrons. The van der Waals surface area contributed by atoms with Crippen molar-refractivity contribution in [1.29, 1.82) is 0 Å². The summed E-state index contributed by atoms with van der Waals surface area (Å²) in [6.07, 6.45) is 2.69. The quantitative estimate of drug-likeness (QED) is 0.839. The van der Waals surface area contributed by atoms with Crippen LogP contribution < -0.4 is 10.2 Å². The largest absolute Gasteiger partial charge is 0.372 e. The molecule has 1 aromatic rings. The molecule has 1 fully saturated rings. The molecule has 0 bridgehead atoms. The zero-order valence-electron chi connectivity index (χ0n) is 12.7. The van der Waals surface area contributed by atoms with Gasteiger partial charge in [-0.25, -0.2) is 0 Å². The standard InChI is InChI=1S/C17H28N2/c1-14(2)15(3)12-18-13-16-6-8-17(9-7-16)19-10-4-5-11-19/h6-9,14-15,18H,4-5,10-13H2,1-3H3. The summed E-state index contributed by atoms with van der Waals surface area (Å²) in [5.41, 5.74) is 2.77. The van der Waals surface area contributed by atoms with E-state index in [0.717, 1.165) is 24.9 Å². The van der Waals surface area contributed by atoms with Crippen LogP contribution in [0.15, 0.2) is 24.3 Å². The fourth-order valence-corrected chi connectivity index (χ4v) is 2.48. The Balaban J connectivity index is 1.78. The Bertz CT molecular complexity index is 363. The highest BCUT2D eigenvalue weighted by molar-refractivity contribution is 5.48. The number of nitrogens with zero attached hydrogens (tertiary/aromatic N) is 1. The predicted octanol–water partition coefficient (Wildman–Crippen LogP) is 3.67.